The Balaban J connectivity index is 1.62. The number of benzene rings is 2. The summed E-state index contributed by atoms with van der Waals surface area (Å²) in [6.07, 6.45) is 3.74. The molecule has 0 saturated carbocycles. The quantitative estimate of drug-likeness (QED) is 0.587. The molecule has 0 aliphatic carbocycles. The van der Waals surface area contributed by atoms with Gasteiger partial charge in [-0.05, 0) is 41.0 Å². The Morgan fingerprint density at radius 1 is 0.913 bits per heavy atom. The molecule has 112 valence electrons. The van der Waals surface area contributed by atoms with Gasteiger partial charge in [0.25, 0.3) is 0 Å². The van der Waals surface area contributed by atoms with Crippen LogP contribution in [0.1, 0.15) is 5.56 Å². The number of nitrogens with zero attached hydrogens (tertiary/aromatic N) is 1. The fourth-order valence-electron chi connectivity index (χ4n) is 2.71. The molecule has 3 nitrogen and oxygen atoms in total. The number of fused-ring (bicyclic) bond motifs is 1. The summed E-state index contributed by atoms with van der Waals surface area (Å²) in [7, 11) is 0. The second-order valence-electron chi connectivity index (χ2n) is 5.40. The minimum absolute atomic E-state index is 0.570. The maximum Gasteiger partial charge on any atom is 0.137 e. The number of hydrogen-bond donors (Lipinski definition) is 1. The molecule has 2 aromatic carbocycles. The molecule has 0 bridgehead atoms. The Kier molecular flexibility index (Phi) is 3.53. The number of aromatic amines is 1. The molecule has 0 aliphatic heterocycles. The van der Waals surface area contributed by atoms with Crippen LogP contribution in [0.15, 0.2) is 79.1 Å². The average Bonchev–Trinajstić information content (AvgIpc) is 3.10. The van der Waals surface area contributed by atoms with Gasteiger partial charge in [-0.25, -0.2) is 4.98 Å². The predicted molar refractivity (Wildman–Crippen MR) is 92.3 cm³/mol. The molecule has 4 rings (SSSR count). The normalized spacial score (nSPS) is 10.8. The summed E-state index contributed by atoms with van der Waals surface area (Å²) in [6, 6.07) is 22.4. The Hall–Kier alpha value is -3.07. The SMILES string of the molecule is c1ccc(COc2cccc(-c3ccnc4[nH]ccc34)c2)cc1. The van der Waals surface area contributed by atoms with Crippen molar-refractivity contribution in [1.29, 1.82) is 0 Å². The molecule has 0 fully saturated rings. The molecule has 1 N–H and O–H groups in total. The van der Waals surface area contributed by atoms with Crippen molar-refractivity contribution < 1.29 is 4.74 Å². The van der Waals surface area contributed by atoms with Crippen LogP contribution in [0, 0.1) is 0 Å². The van der Waals surface area contributed by atoms with Gasteiger partial charge in [0.05, 0.1) is 0 Å². The standard InChI is InChI=1S/C20H16N2O/c1-2-5-15(6-3-1)14-23-17-8-4-7-16(13-17)18-9-11-21-20-19(18)10-12-22-20/h1-13H,14H2,(H,21,22). The molecule has 23 heavy (non-hydrogen) atoms. The molecular weight excluding hydrogens is 284 g/mol. The Morgan fingerprint density at radius 2 is 1.83 bits per heavy atom. The van der Waals surface area contributed by atoms with Crippen molar-refractivity contribution in [3.63, 3.8) is 0 Å². The molecule has 2 aromatic heterocycles. The fraction of sp³-hybridized carbons (Fsp3) is 0.0500. The van der Waals surface area contributed by atoms with Gasteiger partial charge in [0, 0.05) is 17.8 Å². The lowest BCUT2D eigenvalue weighted by Crippen LogP contribution is -1.95. The number of aromatic nitrogens is 2. The first kappa shape index (κ1) is 13.6. The summed E-state index contributed by atoms with van der Waals surface area (Å²) in [5.74, 6) is 0.867. The van der Waals surface area contributed by atoms with E-state index in [1.807, 2.05) is 48.8 Å². The number of rotatable bonds is 4. The van der Waals surface area contributed by atoms with E-state index in [2.05, 4.69) is 40.3 Å². The van der Waals surface area contributed by atoms with Crippen LogP contribution >= 0.6 is 0 Å². The lowest BCUT2D eigenvalue weighted by atomic mass is 10.0. The molecule has 2 heterocycles. The van der Waals surface area contributed by atoms with E-state index in [-0.39, 0.29) is 0 Å². The number of nitrogens with one attached hydrogen (secondary N) is 1. The van der Waals surface area contributed by atoms with E-state index in [4.69, 9.17) is 4.74 Å². The van der Waals surface area contributed by atoms with Crippen LogP contribution in [-0.2, 0) is 6.61 Å². The number of ether oxygens (including phenoxy) is 1. The van der Waals surface area contributed by atoms with Gasteiger partial charge >= 0.3 is 0 Å². The Labute approximate surface area is 134 Å². The molecule has 0 radical (unpaired) electrons. The van der Waals surface area contributed by atoms with Gasteiger partial charge in [0.15, 0.2) is 0 Å². The van der Waals surface area contributed by atoms with Crippen molar-refractivity contribution in [3.8, 4) is 16.9 Å². The van der Waals surface area contributed by atoms with E-state index in [0.29, 0.717) is 6.61 Å². The van der Waals surface area contributed by atoms with E-state index in [1.54, 1.807) is 0 Å². The summed E-state index contributed by atoms with van der Waals surface area (Å²) in [6.45, 7) is 0.570. The fourth-order valence-corrected chi connectivity index (χ4v) is 2.71. The topological polar surface area (TPSA) is 37.9 Å². The molecule has 3 heteroatoms. The zero-order valence-corrected chi connectivity index (χ0v) is 12.6. The highest BCUT2D eigenvalue weighted by Gasteiger charge is 2.06. The van der Waals surface area contributed by atoms with E-state index < -0.39 is 0 Å². The van der Waals surface area contributed by atoms with E-state index in [1.165, 1.54) is 0 Å². The average molecular weight is 300 g/mol. The number of hydrogen-bond acceptors (Lipinski definition) is 2. The van der Waals surface area contributed by atoms with Crippen molar-refractivity contribution in [1.82, 2.24) is 9.97 Å². The summed E-state index contributed by atoms with van der Waals surface area (Å²) < 4.78 is 5.92. The third-order valence-corrected chi connectivity index (χ3v) is 3.85. The number of H-pyrrole nitrogens is 1. The minimum Gasteiger partial charge on any atom is -0.489 e. The van der Waals surface area contributed by atoms with E-state index >= 15 is 0 Å². The third kappa shape index (κ3) is 2.81. The minimum atomic E-state index is 0.570. The molecule has 0 saturated heterocycles. The van der Waals surface area contributed by atoms with Crippen LogP contribution in [0.5, 0.6) is 5.75 Å². The molecule has 0 spiro atoms. The maximum absolute atomic E-state index is 5.92. The van der Waals surface area contributed by atoms with Crippen molar-refractivity contribution >= 4 is 11.0 Å². The molecule has 0 atom stereocenters. The Bertz CT molecular complexity index is 928. The van der Waals surface area contributed by atoms with Crippen LogP contribution < -0.4 is 4.74 Å². The Morgan fingerprint density at radius 3 is 2.74 bits per heavy atom. The van der Waals surface area contributed by atoms with Crippen molar-refractivity contribution in [2.75, 3.05) is 0 Å². The highest BCUT2D eigenvalue weighted by Crippen LogP contribution is 2.29. The molecule has 0 aliphatic rings. The first-order chi connectivity index (χ1) is 11.4. The van der Waals surface area contributed by atoms with Gasteiger partial charge in [-0.15, -0.1) is 0 Å². The summed E-state index contributed by atoms with van der Waals surface area (Å²) in [5.41, 5.74) is 4.34. The zero-order chi connectivity index (χ0) is 15.5. The molecule has 0 amide bonds. The molecular formula is C20H16N2O. The van der Waals surface area contributed by atoms with Crippen molar-refractivity contribution in [3.05, 3.63) is 84.7 Å². The molecule has 0 unspecified atom stereocenters. The second kappa shape index (κ2) is 5.97. The highest BCUT2D eigenvalue weighted by molar-refractivity contribution is 5.92. The number of pyridine rings is 1. The molecule has 4 aromatic rings. The lowest BCUT2D eigenvalue weighted by Gasteiger charge is -2.09. The highest BCUT2D eigenvalue weighted by atomic mass is 16.5. The van der Waals surface area contributed by atoms with Crippen LogP contribution in [0.3, 0.4) is 0 Å². The third-order valence-electron chi connectivity index (χ3n) is 3.85. The van der Waals surface area contributed by atoms with Gasteiger partial charge in [-0.1, -0.05) is 42.5 Å². The van der Waals surface area contributed by atoms with Crippen LogP contribution in [0.25, 0.3) is 22.2 Å². The van der Waals surface area contributed by atoms with Crippen molar-refractivity contribution in [2.24, 2.45) is 0 Å². The smallest absolute Gasteiger partial charge is 0.137 e. The van der Waals surface area contributed by atoms with Gasteiger partial charge < -0.3 is 9.72 Å². The van der Waals surface area contributed by atoms with Crippen LogP contribution in [-0.4, -0.2) is 9.97 Å². The zero-order valence-electron chi connectivity index (χ0n) is 12.6. The first-order valence-corrected chi connectivity index (χ1v) is 7.59. The summed E-state index contributed by atoms with van der Waals surface area (Å²) in [4.78, 5) is 7.49. The van der Waals surface area contributed by atoms with Gasteiger partial charge in [0.2, 0.25) is 0 Å². The van der Waals surface area contributed by atoms with Gasteiger partial charge in [-0.3, -0.25) is 0 Å². The van der Waals surface area contributed by atoms with E-state index in [0.717, 1.165) is 33.5 Å². The monoisotopic (exact) mass is 300 g/mol. The van der Waals surface area contributed by atoms with Gasteiger partial charge in [0.1, 0.15) is 18.0 Å². The van der Waals surface area contributed by atoms with Gasteiger partial charge in [-0.2, -0.15) is 0 Å². The predicted octanol–water partition coefficient (Wildman–Crippen LogP) is 4.81. The lowest BCUT2D eigenvalue weighted by molar-refractivity contribution is 0.306. The summed E-state index contributed by atoms with van der Waals surface area (Å²) in [5, 5.41) is 1.12. The van der Waals surface area contributed by atoms with Crippen LogP contribution in [0.2, 0.25) is 0 Å². The first-order valence-electron chi connectivity index (χ1n) is 7.59. The van der Waals surface area contributed by atoms with Crippen LogP contribution in [0.4, 0.5) is 0 Å². The largest absolute Gasteiger partial charge is 0.489 e. The second-order valence-corrected chi connectivity index (χ2v) is 5.40. The maximum atomic E-state index is 5.92. The van der Waals surface area contributed by atoms with Crippen molar-refractivity contribution in [2.45, 2.75) is 6.61 Å². The summed E-state index contributed by atoms with van der Waals surface area (Å²) >= 11 is 0. The van der Waals surface area contributed by atoms with E-state index in [9.17, 15) is 0 Å².